The number of halogens is 1. The van der Waals surface area contributed by atoms with E-state index in [1.165, 1.54) is 0 Å². The van der Waals surface area contributed by atoms with Crippen LogP contribution in [-0.4, -0.2) is 40.8 Å². The fraction of sp³-hybridized carbons (Fsp3) is 0.455. The molecule has 0 radical (unpaired) electrons. The van der Waals surface area contributed by atoms with Crippen molar-refractivity contribution in [2.24, 2.45) is 5.92 Å². The van der Waals surface area contributed by atoms with Gasteiger partial charge in [-0.05, 0) is 67.5 Å². The first-order valence-corrected chi connectivity index (χ1v) is 10.3. The van der Waals surface area contributed by atoms with Gasteiger partial charge in [0.2, 0.25) is 0 Å². The van der Waals surface area contributed by atoms with Crippen LogP contribution >= 0.6 is 11.6 Å². The number of amides is 1. The van der Waals surface area contributed by atoms with Crippen LogP contribution in [0.3, 0.4) is 0 Å². The Morgan fingerprint density at radius 2 is 2.04 bits per heavy atom. The third kappa shape index (κ3) is 3.27. The van der Waals surface area contributed by atoms with Gasteiger partial charge in [-0.3, -0.25) is 4.98 Å². The standard InChI is InChI=1S/C22H25ClN2O3/c1-2-28-21(26)25-12-9-17(10-13-25)22(27)19-8-7-18(23)14-16(19)6-5-15-4-3-11-24-20(15)22/h3-4,7-8,11,14,17,27H,2,5-6,9-10,12-13H2,1H3/t22-/m1/s1. The fourth-order valence-electron chi connectivity index (χ4n) is 4.63. The second-order valence-electron chi connectivity index (χ2n) is 7.54. The van der Waals surface area contributed by atoms with Crippen LogP contribution in [0.4, 0.5) is 4.79 Å². The second-order valence-corrected chi connectivity index (χ2v) is 7.98. The van der Waals surface area contributed by atoms with Crippen LogP contribution in [0.1, 0.15) is 42.1 Å². The number of ether oxygens (including phenoxy) is 1. The second kappa shape index (κ2) is 7.72. The molecule has 0 spiro atoms. The Balaban J connectivity index is 1.72. The van der Waals surface area contributed by atoms with Crippen molar-refractivity contribution >= 4 is 17.7 Å². The van der Waals surface area contributed by atoms with E-state index in [0.717, 1.165) is 35.2 Å². The topological polar surface area (TPSA) is 62.7 Å². The molecule has 28 heavy (non-hydrogen) atoms. The molecule has 1 fully saturated rings. The van der Waals surface area contributed by atoms with Crippen molar-refractivity contribution in [1.82, 2.24) is 9.88 Å². The van der Waals surface area contributed by atoms with Crippen LogP contribution in [0.2, 0.25) is 5.02 Å². The van der Waals surface area contributed by atoms with Gasteiger partial charge in [0.15, 0.2) is 0 Å². The Labute approximate surface area is 170 Å². The van der Waals surface area contributed by atoms with E-state index in [4.69, 9.17) is 16.3 Å². The number of nitrogens with zero attached hydrogens (tertiary/aromatic N) is 2. The molecule has 5 nitrogen and oxygen atoms in total. The van der Waals surface area contributed by atoms with Crippen molar-refractivity contribution in [3.63, 3.8) is 0 Å². The molecule has 1 aliphatic carbocycles. The minimum absolute atomic E-state index is 0.0372. The molecular formula is C22H25ClN2O3. The van der Waals surface area contributed by atoms with Gasteiger partial charge in [0.1, 0.15) is 5.60 Å². The lowest BCUT2D eigenvalue weighted by atomic mass is 9.72. The molecule has 0 saturated carbocycles. The zero-order valence-corrected chi connectivity index (χ0v) is 16.8. The number of rotatable bonds is 2. The van der Waals surface area contributed by atoms with Crippen LogP contribution in [-0.2, 0) is 23.2 Å². The minimum Gasteiger partial charge on any atom is -0.450 e. The number of carbonyl (C=O) groups is 1. The molecule has 1 aromatic heterocycles. The van der Waals surface area contributed by atoms with Gasteiger partial charge in [0, 0.05) is 30.2 Å². The summed E-state index contributed by atoms with van der Waals surface area (Å²) in [5.41, 5.74) is 2.59. The van der Waals surface area contributed by atoms with Crippen LogP contribution < -0.4 is 0 Å². The number of hydrogen-bond acceptors (Lipinski definition) is 4. The molecule has 0 unspecified atom stereocenters. The Hall–Kier alpha value is -2.11. The van der Waals surface area contributed by atoms with Crippen molar-refractivity contribution in [2.45, 2.75) is 38.2 Å². The summed E-state index contributed by atoms with van der Waals surface area (Å²) in [7, 11) is 0. The van der Waals surface area contributed by atoms with Gasteiger partial charge < -0.3 is 14.7 Å². The molecule has 1 aliphatic heterocycles. The molecule has 0 bridgehead atoms. The SMILES string of the molecule is CCOC(=O)N1CCC([C@@]2(O)c3ccc(Cl)cc3CCc3cccnc32)CC1. The van der Waals surface area contributed by atoms with E-state index >= 15 is 0 Å². The highest BCUT2D eigenvalue weighted by atomic mass is 35.5. The maximum Gasteiger partial charge on any atom is 0.409 e. The smallest absolute Gasteiger partial charge is 0.409 e. The number of likely N-dealkylation sites (tertiary alicyclic amines) is 1. The molecule has 148 valence electrons. The average Bonchev–Trinajstić information content (AvgIpc) is 2.84. The third-order valence-corrected chi connectivity index (χ3v) is 6.24. The van der Waals surface area contributed by atoms with Crippen molar-refractivity contribution in [2.75, 3.05) is 19.7 Å². The number of fused-ring (bicyclic) bond motifs is 2. The van der Waals surface area contributed by atoms with Crippen molar-refractivity contribution < 1.29 is 14.6 Å². The molecule has 1 amide bonds. The molecule has 1 saturated heterocycles. The minimum atomic E-state index is -1.19. The summed E-state index contributed by atoms with van der Waals surface area (Å²) < 4.78 is 5.13. The molecule has 1 N–H and O–H groups in total. The van der Waals surface area contributed by atoms with Crippen molar-refractivity contribution in [3.8, 4) is 0 Å². The van der Waals surface area contributed by atoms with E-state index in [1.54, 1.807) is 11.1 Å². The highest BCUT2D eigenvalue weighted by Crippen LogP contribution is 2.46. The summed E-state index contributed by atoms with van der Waals surface area (Å²) in [5, 5.41) is 12.8. The summed E-state index contributed by atoms with van der Waals surface area (Å²) >= 11 is 6.25. The van der Waals surface area contributed by atoms with Gasteiger partial charge in [-0.15, -0.1) is 0 Å². The molecule has 6 heteroatoms. The Bertz CT molecular complexity index is 880. The normalized spacial score (nSPS) is 22.2. The van der Waals surface area contributed by atoms with Crippen LogP contribution in [0.25, 0.3) is 0 Å². The molecular weight excluding hydrogens is 376 g/mol. The van der Waals surface area contributed by atoms with E-state index in [0.29, 0.717) is 37.6 Å². The lowest BCUT2D eigenvalue weighted by molar-refractivity contribution is -0.0177. The van der Waals surface area contributed by atoms with Crippen molar-refractivity contribution in [1.29, 1.82) is 0 Å². The van der Waals surface area contributed by atoms with E-state index in [9.17, 15) is 9.90 Å². The highest BCUT2D eigenvalue weighted by molar-refractivity contribution is 6.30. The number of pyridine rings is 1. The molecule has 4 rings (SSSR count). The summed E-state index contributed by atoms with van der Waals surface area (Å²) in [5.74, 6) is -0.0372. The fourth-order valence-corrected chi connectivity index (χ4v) is 4.82. The lowest BCUT2D eigenvalue weighted by Crippen LogP contribution is -2.46. The predicted octanol–water partition coefficient (Wildman–Crippen LogP) is 3.94. The molecule has 1 atom stereocenters. The number of benzene rings is 1. The third-order valence-electron chi connectivity index (χ3n) is 6.01. The molecule has 1 aromatic carbocycles. The van der Waals surface area contributed by atoms with Crippen LogP contribution in [0, 0.1) is 5.92 Å². The maximum atomic E-state index is 12.2. The first-order chi connectivity index (χ1) is 13.5. The maximum absolute atomic E-state index is 12.2. The summed E-state index contributed by atoms with van der Waals surface area (Å²) in [6, 6.07) is 9.72. The zero-order chi connectivity index (χ0) is 19.7. The summed E-state index contributed by atoms with van der Waals surface area (Å²) in [6.45, 7) is 3.31. The van der Waals surface area contributed by atoms with Gasteiger partial charge in [-0.25, -0.2) is 4.79 Å². The molecule has 2 aliphatic rings. The van der Waals surface area contributed by atoms with E-state index in [1.807, 2.05) is 31.2 Å². The van der Waals surface area contributed by atoms with E-state index < -0.39 is 5.60 Å². The van der Waals surface area contributed by atoms with Gasteiger partial charge in [0.25, 0.3) is 0 Å². The van der Waals surface area contributed by atoms with Gasteiger partial charge in [0.05, 0.1) is 12.3 Å². The lowest BCUT2D eigenvalue weighted by Gasteiger charge is -2.42. The zero-order valence-electron chi connectivity index (χ0n) is 16.0. The van der Waals surface area contributed by atoms with Crippen LogP contribution in [0.15, 0.2) is 36.5 Å². The number of carbonyl (C=O) groups excluding carboxylic acids is 1. The predicted molar refractivity (Wildman–Crippen MR) is 107 cm³/mol. The number of piperidine rings is 1. The average molecular weight is 401 g/mol. The van der Waals surface area contributed by atoms with E-state index in [2.05, 4.69) is 11.1 Å². The van der Waals surface area contributed by atoms with Crippen molar-refractivity contribution in [3.05, 3.63) is 63.9 Å². The largest absolute Gasteiger partial charge is 0.450 e. The quantitative estimate of drug-likeness (QED) is 0.829. The first kappa shape index (κ1) is 19.2. The molecule has 2 heterocycles. The number of aromatic nitrogens is 1. The monoisotopic (exact) mass is 400 g/mol. The van der Waals surface area contributed by atoms with Gasteiger partial charge in [-0.1, -0.05) is 23.7 Å². The first-order valence-electron chi connectivity index (χ1n) is 9.91. The number of aryl methyl sites for hydroxylation is 2. The van der Waals surface area contributed by atoms with E-state index in [-0.39, 0.29) is 12.0 Å². The highest BCUT2D eigenvalue weighted by Gasteiger charge is 2.46. The van der Waals surface area contributed by atoms with Crippen LogP contribution in [0.5, 0.6) is 0 Å². The number of hydrogen-bond donors (Lipinski definition) is 1. The Morgan fingerprint density at radius 3 is 2.79 bits per heavy atom. The Morgan fingerprint density at radius 1 is 1.29 bits per heavy atom. The molecule has 2 aromatic rings. The summed E-state index contributed by atoms with van der Waals surface area (Å²) in [4.78, 5) is 18.4. The van der Waals surface area contributed by atoms with Gasteiger partial charge in [-0.2, -0.15) is 0 Å². The number of aliphatic hydroxyl groups is 1. The summed E-state index contributed by atoms with van der Waals surface area (Å²) in [6.07, 6.45) is 4.48. The Kier molecular flexibility index (Phi) is 5.30. The van der Waals surface area contributed by atoms with Gasteiger partial charge >= 0.3 is 6.09 Å².